The van der Waals surface area contributed by atoms with Crippen LogP contribution >= 0.6 is 0 Å². The lowest BCUT2D eigenvalue weighted by molar-refractivity contribution is -0.135. The molecule has 0 aromatic carbocycles. The number of imidazole rings is 1. The first kappa shape index (κ1) is 17.4. The molecule has 7 nitrogen and oxygen atoms in total. The van der Waals surface area contributed by atoms with Gasteiger partial charge in [-0.2, -0.15) is 0 Å². The highest BCUT2D eigenvalue weighted by molar-refractivity contribution is 7.91. The Morgan fingerprint density at radius 3 is 2.54 bits per heavy atom. The monoisotopic (exact) mass is 354 g/mol. The van der Waals surface area contributed by atoms with E-state index < -0.39 is 9.84 Å². The molecule has 0 saturated carbocycles. The summed E-state index contributed by atoms with van der Waals surface area (Å²) >= 11 is 0. The number of likely N-dealkylation sites (N-methyl/N-ethyl adjacent to an activating group) is 1. The summed E-state index contributed by atoms with van der Waals surface area (Å²) < 4.78 is 23.2. The summed E-state index contributed by atoms with van der Waals surface area (Å²) in [7, 11) is -0.960. The number of aromatic amines is 1. The third-order valence-corrected chi connectivity index (χ3v) is 6.74. The summed E-state index contributed by atoms with van der Waals surface area (Å²) in [6, 6.07) is 0. The van der Waals surface area contributed by atoms with Gasteiger partial charge in [-0.15, -0.1) is 0 Å². The zero-order valence-corrected chi connectivity index (χ0v) is 15.4. The van der Waals surface area contributed by atoms with Gasteiger partial charge in [-0.3, -0.25) is 4.79 Å². The van der Waals surface area contributed by atoms with Crippen LogP contribution < -0.4 is 0 Å². The van der Waals surface area contributed by atoms with Crippen molar-refractivity contribution in [3.8, 4) is 0 Å². The maximum absolute atomic E-state index is 13.0. The topological polar surface area (TPSA) is 86.4 Å². The molecular weight excluding hydrogens is 328 g/mol. The molecular formula is C16H26N4O3S. The van der Waals surface area contributed by atoms with Crippen molar-refractivity contribution in [2.45, 2.75) is 26.2 Å². The van der Waals surface area contributed by atoms with Gasteiger partial charge in [0.05, 0.1) is 23.1 Å². The van der Waals surface area contributed by atoms with Crippen LogP contribution in [-0.2, 0) is 21.1 Å². The van der Waals surface area contributed by atoms with Gasteiger partial charge in [-0.05, 0) is 14.0 Å². The molecule has 1 amide bonds. The molecule has 134 valence electrons. The number of nitrogens with zero attached hydrogens (tertiary/aromatic N) is 3. The zero-order valence-electron chi connectivity index (χ0n) is 14.6. The fourth-order valence-corrected chi connectivity index (χ4v) is 4.96. The first-order valence-corrected chi connectivity index (χ1v) is 10.4. The normalized spacial score (nSPS) is 27.5. The van der Waals surface area contributed by atoms with Crippen molar-refractivity contribution in [1.29, 1.82) is 0 Å². The average molecular weight is 354 g/mol. The number of carbonyl (C=O) groups is 1. The van der Waals surface area contributed by atoms with E-state index in [-0.39, 0.29) is 29.2 Å². The summed E-state index contributed by atoms with van der Waals surface area (Å²) in [5, 5.41) is 0. The second-order valence-electron chi connectivity index (χ2n) is 6.96. The second-order valence-corrected chi connectivity index (χ2v) is 9.26. The van der Waals surface area contributed by atoms with Gasteiger partial charge >= 0.3 is 0 Å². The van der Waals surface area contributed by atoms with Crippen molar-refractivity contribution < 1.29 is 13.2 Å². The lowest BCUT2D eigenvalue weighted by Crippen LogP contribution is -2.47. The van der Waals surface area contributed by atoms with Crippen LogP contribution in [0.15, 0.2) is 0 Å². The summed E-state index contributed by atoms with van der Waals surface area (Å²) in [6.45, 7) is 6.19. The molecule has 0 aliphatic carbocycles. The Kier molecular flexibility index (Phi) is 4.70. The summed E-state index contributed by atoms with van der Waals surface area (Å²) in [4.78, 5) is 24.9. The average Bonchev–Trinajstić information content (AvgIpc) is 3.09. The molecule has 0 radical (unpaired) electrons. The number of hydrogen-bond donors (Lipinski definition) is 1. The highest BCUT2D eigenvalue weighted by atomic mass is 32.2. The highest BCUT2D eigenvalue weighted by Crippen LogP contribution is 2.34. The number of carbonyl (C=O) groups excluding carboxylic acids is 1. The van der Waals surface area contributed by atoms with E-state index in [0.717, 1.165) is 30.2 Å². The molecule has 8 heteroatoms. The van der Waals surface area contributed by atoms with Gasteiger partial charge in [0.25, 0.3) is 0 Å². The molecule has 0 unspecified atom stereocenters. The van der Waals surface area contributed by atoms with E-state index in [9.17, 15) is 13.2 Å². The molecule has 3 heterocycles. The maximum atomic E-state index is 13.0. The molecule has 0 bridgehead atoms. The highest BCUT2D eigenvalue weighted by Gasteiger charge is 2.41. The largest absolute Gasteiger partial charge is 0.346 e. The van der Waals surface area contributed by atoms with Crippen LogP contribution in [-0.4, -0.2) is 78.8 Å². The first-order chi connectivity index (χ1) is 11.3. The number of likely N-dealkylation sites (tertiary alicyclic amines) is 1. The fourth-order valence-electron chi connectivity index (χ4n) is 3.76. The van der Waals surface area contributed by atoms with Gasteiger partial charge in [-0.1, -0.05) is 6.92 Å². The van der Waals surface area contributed by atoms with Crippen molar-refractivity contribution in [3.05, 3.63) is 17.2 Å². The van der Waals surface area contributed by atoms with Gasteiger partial charge in [0.2, 0.25) is 5.91 Å². The van der Waals surface area contributed by atoms with Crippen LogP contribution in [0.4, 0.5) is 0 Å². The van der Waals surface area contributed by atoms with E-state index in [0.29, 0.717) is 19.6 Å². The third kappa shape index (κ3) is 3.35. The van der Waals surface area contributed by atoms with Crippen molar-refractivity contribution in [3.63, 3.8) is 0 Å². The Morgan fingerprint density at radius 1 is 1.29 bits per heavy atom. The predicted molar refractivity (Wildman–Crippen MR) is 91.7 cm³/mol. The van der Waals surface area contributed by atoms with E-state index in [1.54, 1.807) is 4.90 Å². The van der Waals surface area contributed by atoms with E-state index in [1.807, 2.05) is 14.0 Å². The molecule has 1 N–H and O–H groups in total. The second kappa shape index (κ2) is 6.48. The molecule has 0 spiro atoms. The number of aryl methyl sites for hydroxylation is 2. The van der Waals surface area contributed by atoms with Crippen LogP contribution in [0.1, 0.15) is 30.1 Å². The van der Waals surface area contributed by atoms with Crippen LogP contribution in [0.3, 0.4) is 0 Å². The van der Waals surface area contributed by atoms with Crippen LogP contribution in [0.2, 0.25) is 0 Å². The first-order valence-electron chi connectivity index (χ1n) is 8.54. The smallest absolute Gasteiger partial charge is 0.227 e. The fraction of sp³-hybridized carbons (Fsp3) is 0.750. The molecule has 2 atom stereocenters. The number of H-pyrrole nitrogens is 1. The summed E-state index contributed by atoms with van der Waals surface area (Å²) in [5.74, 6) is 1.09. The molecule has 2 fully saturated rings. The molecule has 2 saturated heterocycles. The molecule has 1 aromatic heterocycles. The Balaban J connectivity index is 1.80. The lowest BCUT2D eigenvalue weighted by Gasteiger charge is -2.30. The van der Waals surface area contributed by atoms with E-state index in [4.69, 9.17) is 4.98 Å². The summed E-state index contributed by atoms with van der Waals surface area (Å²) in [6.07, 6.45) is 0.839. The third-order valence-electron chi connectivity index (χ3n) is 5.13. The van der Waals surface area contributed by atoms with Crippen molar-refractivity contribution in [2.75, 3.05) is 44.7 Å². The Morgan fingerprint density at radius 2 is 1.96 bits per heavy atom. The quantitative estimate of drug-likeness (QED) is 0.837. The number of amides is 1. The van der Waals surface area contributed by atoms with Gasteiger partial charge in [0.1, 0.15) is 5.82 Å². The lowest BCUT2D eigenvalue weighted by atomic mass is 9.90. The Hall–Kier alpha value is -1.41. The molecule has 2 aliphatic heterocycles. The van der Waals surface area contributed by atoms with Crippen molar-refractivity contribution in [2.24, 2.45) is 5.92 Å². The number of nitrogens with one attached hydrogen (secondary N) is 1. The van der Waals surface area contributed by atoms with Crippen molar-refractivity contribution >= 4 is 15.7 Å². The Labute approximate surface area is 143 Å². The minimum atomic E-state index is -2.98. The molecule has 3 rings (SSSR count). The van der Waals surface area contributed by atoms with Crippen LogP contribution in [0.25, 0.3) is 0 Å². The molecule has 2 aliphatic rings. The SMILES string of the molecule is CCc1nc([C@H]2CN(C)C[C@@H]2C(=O)N2CCS(=O)(=O)CC2)c(C)[nH]1. The van der Waals surface area contributed by atoms with Gasteiger partial charge in [0, 0.05) is 44.2 Å². The van der Waals surface area contributed by atoms with Gasteiger partial charge in [-0.25, -0.2) is 13.4 Å². The number of sulfone groups is 1. The van der Waals surface area contributed by atoms with Gasteiger partial charge < -0.3 is 14.8 Å². The minimum absolute atomic E-state index is 0.0672. The summed E-state index contributed by atoms with van der Waals surface area (Å²) in [5.41, 5.74) is 2.02. The van der Waals surface area contributed by atoms with Crippen molar-refractivity contribution in [1.82, 2.24) is 19.8 Å². The predicted octanol–water partition coefficient (Wildman–Crippen LogP) is 0.183. The van der Waals surface area contributed by atoms with Crippen LogP contribution in [0.5, 0.6) is 0 Å². The van der Waals surface area contributed by atoms with E-state index in [2.05, 4.69) is 16.8 Å². The van der Waals surface area contributed by atoms with Gasteiger partial charge in [0.15, 0.2) is 9.84 Å². The number of rotatable bonds is 3. The Bertz CT molecular complexity index is 714. The van der Waals surface area contributed by atoms with Crippen LogP contribution in [0, 0.1) is 12.8 Å². The maximum Gasteiger partial charge on any atom is 0.227 e. The van der Waals surface area contributed by atoms with E-state index in [1.165, 1.54) is 0 Å². The molecule has 1 aromatic rings. The molecule has 24 heavy (non-hydrogen) atoms. The number of hydrogen-bond acceptors (Lipinski definition) is 5. The standard InChI is InChI=1S/C16H26N4O3S/c1-4-14-17-11(2)15(18-14)12-9-19(3)10-13(12)16(21)20-5-7-24(22,23)8-6-20/h12-13H,4-10H2,1-3H3,(H,17,18)/t12-,13-/m0/s1. The number of aromatic nitrogens is 2. The van der Waals surface area contributed by atoms with E-state index >= 15 is 0 Å². The zero-order chi connectivity index (χ0) is 17.5. The minimum Gasteiger partial charge on any atom is -0.346 e.